The van der Waals surface area contributed by atoms with E-state index in [1.54, 1.807) is 48.0 Å². The maximum atomic E-state index is 12.4. The Hall–Kier alpha value is -3.12. The van der Waals surface area contributed by atoms with Crippen molar-refractivity contribution in [1.29, 1.82) is 0 Å². The Labute approximate surface area is 148 Å². The number of carbonyl (C=O) groups excluding carboxylic acids is 2. The van der Waals surface area contributed by atoms with Crippen LogP contribution in [0.4, 0.5) is 0 Å². The number of rotatable bonds is 4. The van der Waals surface area contributed by atoms with E-state index in [2.05, 4.69) is 5.10 Å². The molecule has 3 rings (SSSR count). The molecule has 2 aromatic carbocycles. The van der Waals surface area contributed by atoms with Crippen LogP contribution in [-0.2, 0) is 0 Å². The van der Waals surface area contributed by atoms with Crippen LogP contribution >= 0.6 is 11.6 Å². The SMILES string of the molecule is Cc1c(C(=O)Oc2cccc(C(N)=O)c2)cnn1-c1cccc(Cl)c1. The van der Waals surface area contributed by atoms with E-state index in [0.717, 1.165) is 5.69 Å². The second-order valence-electron chi connectivity index (χ2n) is 5.32. The highest BCUT2D eigenvalue weighted by molar-refractivity contribution is 6.30. The first-order valence-corrected chi connectivity index (χ1v) is 7.76. The summed E-state index contributed by atoms with van der Waals surface area (Å²) in [4.78, 5) is 23.6. The molecule has 1 amide bonds. The van der Waals surface area contributed by atoms with Gasteiger partial charge in [-0.2, -0.15) is 5.10 Å². The molecule has 1 aromatic heterocycles. The van der Waals surface area contributed by atoms with Gasteiger partial charge in [-0.1, -0.05) is 23.7 Å². The van der Waals surface area contributed by atoms with Crippen LogP contribution in [0, 0.1) is 6.92 Å². The molecule has 7 heteroatoms. The summed E-state index contributed by atoms with van der Waals surface area (Å²) in [5.41, 5.74) is 7.14. The zero-order chi connectivity index (χ0) is 18.0. The number of halogens is 1. The number of hydrogen-bond donors (Lipinski definition) is 1. The number of esters is 1. The number of primary amides is 1. The number of carbonyl (C=O) groups is 2. The maximum absolute atomic E-state index is 12.4. The summed E-state index contributed by atoms with van der Waals surface area (Å²) in [7, 11) is 0. The highest BCUT2D eigenvalue weighted by atomic mass is 35.5. The van der Waals surface area contributed by atoms with Gasteiger partial charge in [-0.15, -0.1) is 0 Å². The van der Waals surface area contributed by atoms with Gasteiger partial charge in [0.25, 0.3) is 0 Å². The molecule has 0 unspecified atom stereocenters. The van der Waals surface area contributed by atoms with Gasteiger partial charge in [0.05, 0.1) is 17.6 Å². The molecule has 0 bridgehead atoms. The lowest BCUT2D eigenvalue weighted by molar-refractivity contribution is 0.0733. The molecule has 0 spiro atoms. The molecule has 0 atom stereocenters. The number of aromatic nitrogens is 2. The number of amides is 1. The van der Waals surface area contributed by atoms with E-state index in [-0.39, 0.29) is 11.3 Å². The van der Waals surface area contributed by atoms with Crippen molar-refractivity contribution in [2.75, 3.05) is 0 Å². The topological polar surface area (TPSA) is 87.2 Å². The molecule has 1 heterocycles. The lowest BCUT2D eigenvalue weighted by Gasteiger charge is -2.07. The van der Waals surface area contributed by atoms with Crippen molar-refractivity contribution in [3.63, 3.8) is 0 Å². The Morgan fingerprint density at radius 1 is 1.16 bits per heavy atom. The standard InChI is InChI=1S/C18H14ClN3O3/c1-11-16(10-21-22(11)14-6-3-5-13(19)9-14)18(24)25-15-7-2-4-12(8-15)17(20)23/h2-10H,1H3,(H2,20,23). The van der Waals surface area contributed by atoms with Crippen LogP contribution in [-0.4, -0.2) is 21.7 Å². The summed E-state index contributed by atoms with van der Waals surface area (Å²) in [5.74, 6) is -0.938. The first-order valence-electron chi connectivity index (χ1n) is 7.38. The lowest BCUT2D eigenvalue weighted by Crippen LogP contribution is -2.13. The molecule has 0 aliphatic rings. The Bertz CT molecular complexity index is 966. The minimum Gasteiger partial charge on any atom is -0.423 e. The van der Waals surface area contributed by atoms with Crippen LogP contribution in [0.15, 0.2) is 54.7 Å². The molecule has 0 saturated carbocycles. The Kier molecular flexibility index (Phi) is 4.54. The minimum atomic E-state index is -0.595. The largest absolute Gasteiger partial charge is 0.423 e. The van der Waals surface area contributed by atoms with E-state index in [9.17, 15) is 9.59 Å². The molecule has 0 saturated heterocycles. The van der Waals surface area contributed by atoms with Crippen molar-refractivity contribution in [2.24, 2.45) is 5.73 Å². The Balaban J connectivity index is 1.86. The summed E-state index contributed by atoms with van der Waals surface area (Å²) in [6.45, 7) is 1.75. The number of benzene rings is 2. The summed E-state index contributed by atoms with van der Waals surface area (Å²) in [6, 6.07) is 13.2. The van der Waals surface area contributed by atoms with Gasteiger partial charge in [-0.3, -0.25) is 4.79 Å². The van der Waals surface area contributed by atoms with Crippen LogP contribution < -0.4 is 10.5 Å². The van der Waals surface area contributed by atoms with Gasteiger partial charge in [0.1, 0.15) is 11.3 Å². The molecular formula is C18H14ClN3O3. The number of nitrogens with two attached hydrogens (primary N) is 1. The normalized spacial score (nSPS) is 10.5. The third kappa shape index (κ3) is 3.54. The highest BCUT2D eigenvalue weighted by Crippen LogP contribution is 2.20. The van der Waals surface area contributed by atoms with Gasteiger partial charge < -0.3 is 10.5 Å². The second kappa shape index (κ2) is 6.78. The zero-order valence-electron chi connectivity index (χ0n) is 13.3. The van der Waals surface area contributed by atoms with Crippen molar-refractivity contribution in [3.05, 3.63) is 76.6 Å². The predicted molar refractivity (Wildman–Crippen MR) is 93.2 cm³/mol. The van der Waals surface area contributed by atoms with E-state index in [0.29, 0.717) is 16.3 Å². The van der Waals surface area contributed by atoms with Crippen LogP contribution in [0.5, 0.6) is 5.75 Å². The van der Waals surface area contributed by atoms with Gasteiger partial charge in [-0.05, 0) is 43.3 Å². The fourth-order valence-corrected chi connectivity index (χ4v) is 2.54. The van der Waals surface area contributed by atoms with Crippen LogP contribution in [0.25, 0.3) is 5.69 Å². The van der Waals surface area contributed by atoms with E-state index >= 15 is 0 Å². The molecule has 0 aliphatic heterocycles. The zero-order valence-corrected chi connectivity index (χ0v) is 14.0. The number of nitrogens with zero attached hydrogens (tertiary/aromatic N) is 2. The predicted octanol–water partition coefficient (Wildman–Crippen LogP) is 3.15. The maximum Gasteiger partial charge on any atom is 0.347 e. The van der Waals surface area contributed by atoms with E-state index < -0.39 is 11.9 Å². The van der Waals surface area contributed by atoms with Crippen LogP contribution in [0.3, 0.4) is 0 Å². The van der Waals surface area contributed by atoms with Crippen molar-refractivity contribution in [2.45, 2.75) is 6.92 Å². The summed E-state index contributed by atoms with van der Waals surface area (Å²) in [5, 5.41) is 4.79. The number of ether oxygens (including phenoxy) is 1. The molecule has 0 aliphatic carbocycles. The van der Waals surface area contributed by atoms with Gasteiger partial charge >= 0.3 is 5.97 Å². The Morgan fingerprint density at radius 3 is 2.64 bits per heavy atom. The van der Waals surface area contributed by atoms with Crippen molar-refractivity contribution < 1.29 is 14.3 Å². The third-order valence-corrected chi connectivity index (χ3v) is 3.85. The molecule has 126 valence electrons. The van der Waals surface area contributed by atoms with Gasteiger partial charge in [0, 0.05) is 10.6 Å². The number of hydrogen-bond acceptors (Lipinski definition) is 4. The van der Waals surface area contributed by atoms with Gasteiger partial charge in [-0.25, -0.2) is 9.48 Å². The van der Waals surface area contributed by atoms with E-state index in [1.807, 2.05) is 6.07 Å². The summed E-state index contributed by atoms with van der Waals surface area (Å²) < 4.78 is 6.92. The van der Waals surface area contributed by atoms with Crippen molar-refractivity contribution in [3.8, 4) is 11.4 Å². The van der Waals surface area contributed by atoms with Gasteiger partial charge in [0.15, 0.2) is 0 Å². The molecule has 2 N–H and O–H groups in total. The smallest absolute Gasteiger partial charge is 0.347 e. The molecule has 0 fully saturated rings. The molecule has 3 aromatic rings. The molecular weight excluding hydrogens is 342 g/mol. The van der Waals surface area contributed by atoms with Crippen molar-refractivity contribution >= 4 is 23.5 Å². The molecule has 25 heavy (non-hydrogen) atoms. The minimum absolute atomic E-state index is 0.233. The van der Waals surface area contributed by atoms with E-state index in [1.165, 1.54) is 12.3 Å². The first-order chi connectivity index (χ1) is 12.0. The second-order valence-corrected chi connectivity index (χ2v) is 5.75. The average molecular weight is 356 g/mol. The third-order valence-electron chi connectivity index (χ3n) is 3.61. The Morgan fingerprint density at radius 2 is 1.92 bits per heavy atom. The fraction of sp³-hybridized carbons (Fsp3) is 0.0556. The lowest BCUT2D eigenvalue weighted by atomic mass is 10.2. The van der Waals surface area contributed by atoms with E-state index in [4.69, 9.17) is 22.1 Å². The molecule has 6 nitrogen and oxygen atoms in total. The van der Waals surface area contributed by atoms with Gasteiger partial charge in [0.2, 0.25) is 5.91 Å². The first kappa shape index (κ1) is 16.7. The quantitative estimate of drug-likeness (QED) is 0.575. The summed E-state index contributed by atoms with van der Waals surface area (Å²) >= 11 is 5.99. The average Bonchev–Trinajstić information content (AvgIpc) is 2.96. The monoisotopic (exact) mass is 355 g/mol. The highest BCUT2D eigenvalue weighted by Gasteiger charge is 2.18. The van der Waals surface area contributed by atoms with Crippen LogP contribution in [0.1, 0.15) is 26.4 Å². The van der Waals surface area contributed by atoms with Crippen LogP contribution in [0.2, 0.25) is 5.02 Å². The fourth-order valence-electron chi connectivity index (χ4n) is 2.35. The molecule has 0 radical (unpaired) electrons. The summed E-state index contributed by atoms with van der Waals surface area (Å²) in [6.07, 6.45) is 1.43. The van der Waals surface area contributed by atoms with Crippen molar-refractivity contribution in [1.82, 2.24) is 9.78 Å².